The minimum Gasteiger partial charge on any atom is -0.550 e. The van der Waals surface area contributed by atoms with E-state index < -0.39 is 12.0 Å². The van der Waals surface area contributed by atoms with Gasteiger partial charge in [-0.3, -0.25) is 4.79 Å². The van der Waals surface area contributed by atoms with Crippen molar-refractivity contribution >= 4 is 17.6 Å². The SMILES string of the molecule is COc1cccc([C@@H]2CC(c3ccc(C)cc3)=NN2C(=O)CCC(=O)[O-])c1OC. The molecule has 0 unspecified atom stereocenters. The van der Waals surface area contributed by atoms with Crippen molar-refractivity contribution in [1.29, 1.82) is 0 Å². The summed E-state index contributed by atoms with van der Waals surface area (Å²) in [5.41, 5.74) is 3.54. The second-order valence-corrected chi connectivity index (χ2v) is 6.83. The fourth-order valence-electron chi connectivity index (χ4n) is 3.40. The van der Waals surface area contributed by atoms with Crippen LogP contribution in [0.25, 0.3) is 0 Å². The Kier molecular flexibility index (Phi) is 6.16. The molecule has 3 rings (SSSR count). The van der Waals surface area contributed by atoms with Crippen LogP contribution in [0.2, 0.25) is 0 Å². The van der Waals surface area contributed by atoms with Crippen molar-refractivity contribution < 1.29 is 24.2 Å². The van der Waals surface area contributed by atoms with Crippen molar-refractivity contribution in [2.75, 3.05) is 14.2 Å². The molecule has 0 saturated carbocycles. The maximum Gasteiger partial charge on any atom is 0.243 e. The summed E-state index contributed by atoms with van der Waals surface area (Å²) in [6, 6.07) is 12.9. The molecule has 7 nitrogen and oxygen atoms in total. The molecule has 0 aromatic heterocycles. The van der Waals surface area contributed by atoms with E-state index in [0.29, 0.717) is 17.9 Å². The first kappa shape index (κ1) is 20.4. The zero-order valence-electron chi connectivity index (χ0n) is 16.7. The highest BCUT2D eigenvalue weighted by molar-refractivity contribution is 6.03. The third-order valence-electron chi connectivity index (χ3n) is 4.89. The number of hydrogen-bond donors (Lipinski definition) is 0. The molecule has 0 fully saturated rings. The first-order chi connectivity index (χ1) is 13.9. The number of ether oxygens (including phenoxy) is 2. The molecule has 1 heterocycles. The minimum atomic E-state index is -1.27. The number of hydrazone groups is 1. The monoisotopic (exact) mass is 395 g/mol. The lowest BCUT2D eigenvalue weighted by molar-refractivity contribution is -0.305. The molecule has 0 radical (unpaired) electrons. The Hall–Kier alpha value is -3.35. The number of benzene rings is 2. The number of methoxy groups -OCH3 is 2. The molecule has 1 atom stereocenters. The Morgan fingerprint density at radius 1 is 1.10 bits per heavy atom. The van der Waals surface area contributed by atoms with Crippen molar-refractivity contribution in [3.05, 3.63) is 59.2 Å². The molecule has 2 aromatic carbocycles. The first-order valence-corrected chi connectivity index (χ1v) is 9.32. The quantitative estimate of drug-likeness (QED) is 0.717. The zero-order chi connectivity index (χ0) is 21.0. The topological polar surface area (TPSA) is 91.3 Å². The van der Waals surface area contributed by atoms with Gasteiger partial charge >= 0.3 is 0 Å². The van der Waals surface area contributed by atoms with Crippen molar-refractivity contribution in [2.24, 2.45) is 5.10 Å². The van der Waals surface area contributed by atoms with E-state index in [2.05, 4.69) is 5.10 Å². The molecular weight excluding hydrogens is 372 g/mol. The van der Waals surface area contributed by atoms with Gasteiger partial charge < -0.3 is 19.4 Å². The number of rotatable bonds is 7. The van der Waals surface area contributed by atoms with Gasteiger partial charge in [0, 0.05) is 24.4 Å². The van der Waals surface area contributed by atoms with Crippen LogP contribution >= 0.6 is 0 Å². The van der Waals surface area contributed by atoms with Gasteiger partial charge in [-0.25, -0.2) is 5.01 Å². The molecule has 0 saturated heterocycles. The predicted molar refractivity (Wildman–Crippen MR) is 106 cm³/mol. The molecule has 2 aromatic rings. The van der Waals surface area contributed by atoms with Gasteiger partial charge in [0.25, 0.3) is 0 Å². The van der Waals surface area contributed by atoms with Gasteiger partial charge in [0.15, 0.2) is 11.5 Å². The van der Waals surface area contributed by atoms with Crippen LogP contribution in [-0.4, -0.2) is 36.8 Å². The van der Waals surface area contributed by atoms with Crippen LogP contribution < -0.4 is 14.6 Å². The van der Waals surface area contributed by atoms with Crippen LogP contribution in [0.4, 0.5) is 0 Å². The standard InChI is InChI=1S/C22H24N2O5/c1-14-7-9-15(10-8-14)17-13-18(24(23-17)20(25)11-12-21(26)27)16-5-4-6-19(28-2)22(16)29-3/h4-10,18H,11-13H2,1-3H3,(H,26,27)/p-1/t18-/m0/s1. The molecule has 0 aliphatic carbocycles. The third-order valence-corrected chi connectivity index (χ3v) is 4.89. The predicted octanol–water partition coefficient (Wildman–Crippen LogP) is 2.22. The Morgan fingerprint density at radius 2 is 1.83 bits per heavy atom. The summed E-state index contributed by atoms with van der Waals surface area (Å²) in [7, 11) is 3.09. The maximum absolute atomic E-state index is 12.8. The lowest BCUT2D eigenvalue weighted by Gasteiger charge is -2.24. The molecule has 1 aliphatic rings. The molecule has 7 heteroatoms. The normalized spacial score (nSPS) is 15.8. The van der Waals surface area contributed by atoms with Gasteiger partial charge in [-0.15, -0.1) is 0 Å². The van der Waals surface area contributed by atoms with E-state index in [1.807, 2.05) is 43.3 Å². The van der Waals surface area contributed by atoms with Gasteiger partial charge in [0.1, 0.15) is 0 Å². The highest BCUT2D eigenvalue weighted by Gasteiger charge is 2.35. The summed E-state index contributed by atoms with van der Waals surface area (Å²) in [5.74, 6) is -0.573. The lowest BCUT2D eigenvalue weighted by Crippen LogP contribution is -2.30. The van der Waals surface area contributed by atoms with Crippen LogP contribution in [0.5, 0.6) is 11.5 Å². The number of hydrogen-bond acceptors (Lipinski definition) is 6. The molecule has 0 N–H and O–H groups in total. The number of carbonyl (C=O) groups is 2. The highest BCUT2D eigenvalue weighted by Crippen LogP contribution is 2.41. The molecule has 1 aliphatic heterocycles. The summed E-state index contributed by atoms with van der Waals surface area (Å²) in [6.07, 6.45) is -0.0634. The summed E-state index contributed by atoms with van der Waals surface area (Å²) in [4.78, 5) is 23.6. The van der Waals surface area contributed by atoms with E-state index in [0.717, 1.165) is 22.4 Å². The summed E-state index contributed by atoms with van der Waals surface area (Å²) >= 11 is 0. The number of aliphatic carboxylic acids is 1. The van der Waals surface area contributed by atoms with Crippen LogP contribution in [0.1, 0.15) is 42.0 Å². The largest absolute Gasteiger partial charge is 0.550 e. The van der Waals surface area contributed by atoms with Gasteiger partial charge in [-0.1, -0.05) is 42.0 Å². The molecule has 29 heavy (non-hydrogen) atoms. The van der Waals surface area contributed by atoms with Gasteiger partial charge in [0.2, 0.25) is 5.91 Å². The van der Waals surface area contributed by atoms with Crippen molar-refractivity contribution in [1.82, 2.24) is 5.01 Å². The third kappa shape index (κ3) is 4.39. The molecule has 152 valence electrons. The van der Waals surface area contributed by atoms with Crippen molar-refractivity contribution in [3.63, 3.8) is 0 Å². The molecule has 1 amide bonds. The molecular formula is C22H23N2O5-. The van der Waals surface area contributed by atoms with Gasteiger partial charge in [-0.05, 0) is 25.0 Å². The highest BCUT2D eigenvalue weighted by atomic mass is 16.5. The number of nitrogens with zero attached hydrogens (tertiary/aromatic N) is 2. The summed E-state index contributed by atoms with van der Waals surface area (Å²) in [6.45, 7) is 2.00. The van der Waals surface area contributed by atoms with E-state index in [1.165, 1.54) is 5.01 Å². The molecule has 0 bridgehead atoms. The summed E-state index contributed by atoms with van der Waals surface area (Å²) < 4.78 is 10.9. The zero-order valence-corrected chi connectivity index (χ0v) is 16.7. The second-order valence-electron chi connectivity index (χ2n) is 6.83. The van der Waals surface area contributed by atoms with Gasteiger partial charge in [-0.2, -0.15) is 5.10 Å². The fourth-order valence-corrected chi connectivity index (χ4v) is 3.40. The van der Waals surface area contributed by atoms with E-state index >= 15 is 0 Å². The smallest absolute Gasteiger partial charge is 0.243 e. The van der Waals surface area contributed by atoms with Crippen molar-refractivity contribution in [2.45, 2.75) is 32.2 Å². The Balaban J connectivity index is 1.99. The van der Waals surface area contributed by atoms with E-state index in [4.69, 9.17) is 9.47 Å². The van der Waals surface area contributed by atoms with Crippen LogP contribution in [0, 0.1) is 6.92 Å². The van der Waals surface area contributed by atoms with Crippen LogP contribution in [0.3, 0.4) is 0 Å². The fraction of sp³-hybridized carbons (Fsp3) is 0.318. The average Bonchev–Trinajstić information content (AvgIpc) is 3.17. The summed E-state index contributed by atoms with van der Waals surface area (Å²) in [5, 5.41) is 16.7. The number of amides is 1. The van der Waals surface area contributed by atoms with Crippen LogP contribution in [0.15, 0.2) is 47.6 Å². The molecule has 0 spiro atoms. The number of para-hydroxylation sites is 1. The number of carboxylic acid groups (broad SMARTS) is 1. The van der Waals surface area contributed by atoms with E-state index in [-0.39, 0.29) is 18.7 Å². The number of carboxylic acids is 1. The second kappa shape index (κ2) is 8.77. The lowest BCUT2D eigenvalue weighted by atomic mass is 9.96. The Bertz CT molecular complexity index is 937. The van der Waals surface area contributed by atoms with E-state index in [1.54, 1.807) is 20.3 Å². The Labute approximate surface area is 169 Å². The van der Waals surface area contributed by atoms with Gasteiger partial charge in [0.05, 0.1) is 26.0 Å². The average molecular weight is 395 g/mol. The van der Waals surface area contributed by atoms with Crippen LogP contribution in [-0.2, 0) is 9.59 Å². The number of aryl methyl sites for hydroxylation is 1. The maximum atomic E-state index is 12.8. The van der Waals surface area contributed by atoms with Crippen molar-refractivity contribution in [3.8, 4) is 11.5 Å². The Morgan fingerprint density at radius 3 is 2.45 bits per heavy atom. The first-order valence-electron chi connectivity index (χ1n) is 9.32. The number of carbonyl (C=O) groups excluding carboxylic acids is 2. The van der Waals surface area contributed by atoms with E-state index in [9.17, 15) is 14.7 Å². The minimum absolute atomic E-state index is 0.185.